The van der Waals surface area contributed by atoms with Crippen molar-refractivity contribution in [2.75, 3.05) is 30.9 Å². The molecule has 10 heteroatoms. The summed E-state index contributed by atoms with van der Waals surface area (Å²) in [7, 11) is -3.46. The monoisotopic (exact) mass is 501 g/mol. The fourth-order valence-electron chi connectivity index (χ4n) is 3.98. The summed E-state index contributed by atoms with van der Waals surface area (Å²) < 4.78 is 33.6. The number of carbonyl (C=O) groups excluding carboxylic acids is 1. The van der Waals surface area contributed by atoms with E-state index in [0.717, 1.165) is 40.4 Å². The Morgan fingerprint density at radius 1 is 1.34 bits per heavy atom. The van der Waals surface area contributed by atoms with E-state index in [-0.39, 0.29) is 12.0 Å². The fourth-order valence-corrected chi connectivity index (χ4v) is 6.64. The Morgan fingerprint density at radius 3 is 2.90 bits per heavy atom. The number of anilines is 1. The third-order valence-electron chi connectivity index (χ3n) is 5.41. The molecular formula is C19H24BrN3O4S2. The van der Waals surface area contributed by atoms with Crippen molar-refractivity contribution in [3.05, 3.63) is 22.7 Å². The highest BCUT2D eigenvalue weighted by Gasteiger charge is 2.39. The van der Waals surface area contributed by atoms with Crippen molar-refractivity contribution in [1.82, 2.24) is 9.29 Å². The summed E-state index contributed by atoms with van der Waals surface area (Å²) >= 11 is 4.92. The minimum atomic E-state index is -3.46. The molecule has 2 saturated heterocycles. The number of sulfonamides is 1. The number of hydrogen-bond acceptors (Lipinski definition) is 6. The molecule has 2 atom stereocenters. The summed E-state index contributed by atoms with van der Waals surface area (Å²) in [5.41, 5.74) is 0.821. The van der Waals surface area contributed by atoms with Gasteiger partial charge < -0.3 is 4.74 Å². The van der Waals surface area contributed by atoms with Crippen molar-refractivity contribution < 1.29 is 17.9 Å². The van der Waals surface area contributed by atoms with Crippen LogP contribution in [0.1, 0.15) is 32.1 Å². The molecule has 1 aromatic heterocycles. The molecule has 0 saturated carbocycles. The van der Waals surface area contributed by atoms with Gasteiger partial charge in [-0.1, -0.05) is 33.7 Å². The number of thiazole rings is 1. The lowest BCUT2D eigenvalue weighted by Crippen LogP contribution is -2.54. The van der Waals surface area contributed by atoms with Crippen molar-refractivity contribution >= 4 is 58.5 Å². The number of nitrogens with zero attached hydrogens (tertiary/aromatic N) is 3. The second-order valence-electron chi connectivity index (χ2n) is 7.58. The highest BCUT2D eigenvalue weighted by atomic mass is 79.9. The number of aromatic nitrogens is 1. The zero-order valence-electron chi connectivity index (χ0n) is 16.2. The van der Waals surface area contributed by atoms with Crippen LogP contribution in [0.15, 0.2) is 22.7 Å². The average Bonchev–Trinajstić information content (AvgIpc) is 3.34. The number of amides is 1. The quantitative estimate of drug-likeness (QED) is 0.627. The van der Waals surface area contributed by atoms with E-state index >= 15 is 0 Å². The van der Waals surface area contributed by atoms with Gasteiger partial charge in [-0.3, -0.25) is 9.69 Å². The Bertz CT molecular complexity index is 1000. The molecule has 2 unspecified atom stereocenters. The molecule has 2 aliphatic heterocycles. The van der Waals surface area contributed by atoms with Gasteiger partial charge in [-0.15, -0.1) is 0 Å². The summed E-state index contributed by atoms with van der Waals surface area (Å²) in [4.78, 5) is 19.9. The van der Waals surface area contributed by atoms with Gasteiger partial charge in [0, 0.05) is 17.6 Å². The van der Waals surface area contributed by atoms with Crippen LogP contribution in [-0.2, 0) is 19.6 Å². The fraction of sp³-hybridized carbons (Fsp3) is 0.579. The third kappa shape index (κ3) is 4.66. The van der Waals surface area contributed by atoms with Crippen molar-refractivity contribution in [2.24, 2.45) is 0 Å². The van der Waals surface area contributed by atoms with Gasteiger partial charge in [0.15, 0.2) is 5.13 Å². The van der Waals surface area contributed by atoms with Gasteiger partial charge in [-0.05, 0) is 43.9 Å². The second kappa shape index (κ2) is 8.58. The largest absolute Gasteiger partial charge is 0.376 e. The molecule has 4 rings (SSSR count). The molecule has 29 heavy (non-hydrogen) atoms. The molecule has 0 spiro atoms. The van der Waals surface area contributed by atoms with Gasteiger partial charge in [0.05, 0.1) is 29.1 Å². The number of piperidine rings is 1. The van der Waals surface area contributed by atoms with Gasteiger partial charge in [0.2, 0.25) is 15.9 Å². The molecule has 158 valence electrons. The molecule has 0 bridgehead atoms. The van der Waals surface area contributed by atoms with Crippen molar-refractivity contribution in [3.8, 4) is 0 Å². The lowest BCUT2D eigenvalue weighted by molar-refractivity contribution is -0.123. The normalized spacial score (nSPS) is 23.5. The predicted molar refractivity (Wildman–Crippen MR) is 118 cm³/mol. The summed E-state index contributed by atoms with van der Waals surface area (Å²) in [6, 6.07) is 5.13. The Balaban J connectivity index is 1.69. The number of benzene rings is 1. The number of ether oxygens (including phenoxy) is 1. The Hall–Kier alpha value is -1.07. The predicted octanol–water partition coefficient (Wildman–Crippen LogP) is 3.38. The molecule has 2 aromatic rings. The molecule has 0 radical (unpaired) electrons. The van der Waals surface area contributed by atoms with Crippen LogP contribution in [0, 0.1) is 0 Å². The highest BCUT2D eigenvalue weighted by molar-refractivity contribution is 9.10. The lowest BCUT2D eigenvalue weighted by atomic mass is 10.0. The smallest absolute Gasteiger partial charge is 0.247 e. The van der Waals surface area contributed by atoms with E-state index < -0.39 is 16.1 Å². The van der Waals surface area contributed by atoms with E-state index in [4.69, 9.17) is 4.74 Å². The zero-order valence-corrected chi connectivity index (χ0v) is 19.4. The maximum absolute atomic E-state index is 13.6. The SMILES string of the molecule is CS(=O)(=O)N1CCCCC1C(=O)N(CC1CCCO1)c1nc2ccc(Br)cc2s1. The van der Waals surface area contributed by atoms with Crippen molar-refractivity contribution in [1.29, 1.82) is 0 Å². The number of rotatable bonds is 5. The first-order valence-electron chi connectivity index (χ1n) is 9.79. The average molecular weight is 502 g/mol. The summed E-state index contributed by atoms with van der Waals surface area (Å²) in [5, 5.41) is 0.595. The first kappa shape index (κ1) is 21.2. The molecule has 3 heterocycles. The zero-order chi connectivity index (χ0) is 20.6. The first-order chi connectivity index (χ1) is 13.8. The van der Waals surface area contributed by atoms with E-state index in [1.807, 2.05) is 18.2 Å². The molecule has 0 N–H and O–H groups in total. The topological polar surface area (TPSA) is 79.8 Å². The van der Waals surface area contributed by atoms with Crippen LogP contribution in [-0.4, -0.2) is 61.7 Å². The number of carbonyl (C=O) groups is 1. The van der Waals surface area contributed by atoms with Crippen LogP contribution in [0.25, 0.3) is 10.2 Å². The minimum absolute atomic E-state index is 0.0482. The molecule has 1 amide bonds. The van der Waals surface area contributed by atoms with E-state index in [1.54, 1.807) is 4.90 Å². The Kier molecular flexibility index (Phi) is 6.27. The molecule has 1 aromatic carbocycles. The molecule has 2 aliphatic rings. The van der Waals surface area contributed by atoms with Gasteiger partial charge in [0.25, 0.3) is 0 Å². The molecule has 0 aliphatic carbocycles. The summed E-state index contributed by atoms with van der Waals surface area (Å²) in [6.45, 7) is 1.47. The number of hydrogen-bond donors (Lipinski definition) is 0. The van der Waals surface area contributed by atoms with Crippen LogP contribution >= 0.6 is 27.3 Å². The van der Waals surface area contributed by atoms with Crippen LogP contribution in [0.5, 0.6) is 0 Å². The van der Waals surface area contributed by atoms with E-state index in [1.165, 1.54) is 21.9 Å². The number of halogens is 1. The van der Waals surface area contributed by atoms with Crippen LogP contribution in [0.2, 0.25) is 0 Å². The molecular weight excluding hydrogens is 478 g/mol. The number of fused-ring (bicyclic) bond motifs is 1. The van der Waals surface area contributed by atoms with E-state index in [0.29, 0.717) is 31.2 Å². The van der Waals surface area contributed by atoms with E-state index in [9.17, 15) is 13.2 Å². The maximum Gasteiger partial charge on any atom is 0.247 e. The standard InChI is InChI=1S/C19H24BrN3O4S2/c1-29(25,26)23-9-3-2-6-16(23)18(24)22(12-14-5-4-10-27-14)19-21-15-8-7-13(20)11-17(15)28-19/h7-8,11,14,16H,2-6,9-10,12H2,1H3. The summed E-state index contributed by atoms with van der Waals surface area (Å²) in [6.07, 6.45) is 5.13. The maximum atomic E-state index is 13.6. The van der Waals surface area contributed by atoms with Gasteiger partial charge >= 0.3 is 0 Å². The van der Waals surface area contributed by atoms with Crippen LogP contribution in [0.4, 0.5) is 5.13 Å². The Labute approximate surface area is 183 Å². The van der Waals surface area contributed by atoms with Crippen LogP contribution in [0.3, 0.4) is 0 Å². The van der Waals surface area contributed by atoms with Gasteiger partial charge in [-0.25, -0.2) is 13.4 Å². The lowest BCUT2D eigenvalue weighted by Gasteiger charge is -2.35. The van der Waals surface area contributed by atoms with E-state index in [2.05, 4.69) is 20.9 Å². The molecule has 7 nitrogen and oxygen atoms in total. The summed E-state index contributed by atoms with van der Waals surface area (Å²) in [5.74, 6) is -0.205. The van der Waals surface area contributed by atoms with Crippen LogP contribution < -0.4 is 4.90 Å². The second-order valence-corrected chi connectivity index (χ2v) is 11.4. The third-order valence-corrected chi connectivity index (χ3v) is 8.23. The first-order valence-corrected chi connectivity index (χ1v) is 13.2. The van der Waals surface area contributed by atoms with Gasteiger partial charge in [0.1, 0.15) is 6.04 Å². The minimum Gasteiger partial charge on any atom is -0.376 e. The van der Waals surface area contributed by atoms with Gasteiger partial charge in [-0.2, -0.15) is 4.31 Å². The Morgan fingerprint density at radius 2 is 2.17 bits per heavy atom. The molecule has 2 fully saturated rings. The van der Waals surface area contributed by atoms with Crippen molar-refractivity contribution in [3.63, 3.8) is 0 Å². The highest BCUT2D eigenvalue weighted by Crippen LogP contribution is 2.33. The van der Waals surface area contributed by atoms with Crippen molar-refractivity contribution in [2.45, 2.75) is 44.2 Å².